The van der Waals surface area contributed by atoms with Gasteiger partial charge in [-0.25, -0.2) is 0 Å². The van der Waals surface area contributed by atoms with E-state index in [0.717, 1.165) is 23.4 Å². The van der Waals surface area contributed by atoms with Gasteiger partial charge in [0.25, 0.3) is 0 Å². The van der Waals surface area contributed by atoms with E-state index in [4.69, 9.17) is 5.73 Å². The summed E-state index contributed by atoms with van der Waals surface area (Å²) in [7, 11) is 1.93. The Kier molecular flexibility index (Phi) is 3.38. The number of anilines is 2. The fraction of sp³-hybridized carbons (Fsp3) is 0.438. The van der Waals surface area contributed by atoms with Crippen molar-refractivity contribution in [1.29, 1.82) is 0 Å². The van der Waals surface area contributed by atoms with Crippen LogP contribution in [0.3, 0.4) is 0 Å². The summed E-state index contributed by atoms with van der Waals surface area (Å²) in [4.78, 5) is 2.49. The fourth-order valence-corrected chi connectivity index (χ4v) is 3.01. The molecule has 0 saturated carbocycles. The molecule has 1 aromatic carbocycles. The van der Waals surface area contributed by atoms with Crippen molar-refractivity contribution in [3.63, 3.8) is 0 Å². The van der Waals surface area contributed by atoms with Gasteiger partial charge in [0.15, 0.2) is 0 Å². The molecule has 4 nitrogen and oxygen atoms in total. The lowest BCUT2D eigenvalue weighted by molar-refractivity contribution is 0.485. The summed E-state index contributed by atoms with van der Waals surface area (Å²) in [5, 5.41) is 4.24. The zero-order valence-electron chi connectivity index (χ0n) is 12.2. The molecule has 0 aliphatic carbocycles. The lowest BCUT2D eigenvalue weighted by Crippen LogP contribution is -2.37. The van der Waals surface area contributed by atoms with Gasteiger partial charge in [-0.3, -0.25) is 4.68 Å². The Labute approximate surface area is 120 Å². The van der Waals surface area contributed by atoms with Crippen molar-refractivity contribution in [2.45, 2.75) is 32.2 Å². The molecule has 0 bridgehead atoms. The van der Waals surface area contributed by atoms with E-state index in [1.165, 1.54) is 24.9 Å². The van der Waals surface area contributed by atoms with Crippen LogP contribution in [-0.2, 0) is 7.05 Å². The van der Waals surface area contributed by atoms with Crippen LogP contribution in [0.25, 0.3) is 11.1 Å². The van der Waals surface area contributed by atoms with Gasteiger partial charge in [0, 0.05) is 48.3 Å². The van der Waals surface area contributed by atoms with Crippen LogP contribution >= 0.6 is 0 Å². The predicted molar refractivity (Wildman–Crippen MR) is 83.7 cm³/mol. The van der Waals surface area contributed by atoms with Gasteiger partial charge in [-0.05, 0) is 44.4 Å². The number of aromatic nitrogens is 2. The lowest BCUT2D eigenvalue weighted by Gasteiger charge is -2.35. The van der Waals surface area contributed by atoms with Gasteiger partial charge in [0.2, 0.25) is 0 Å². The molecule has 1 aromatic heterocycles. The van der Waals surface area contributed by atoms with E-state index in [-0.39, 0.29) is 0 Å². The van der Waals surface area contributed by atoms with Crippen molar-refractivity contribution >= 4 is 11.4 Å². The molecule has 4 heteroatoms. The SMILES string of the molecule is CC1CCCCN1c1ccc(N)c(-c2cnn(C)c2)c1. The number of piperidine rings is 1. The first kappa shape index (κ1) is 13.0. The molecule has 2 aromatic rings. The molecular formula is C16H22N4. The maximum Gasteiger partial charge on any atom is 0.0568 e. The highest BCUT2D eigenvalue weighted by molar-refractivity contribution is 5.79. The van der Waals surface area contributed by atoms with Crippen molar-refractivity contribution in [3.8, 4) is 11.1 Å². The van der Waals surface area contributed by atoms with E-state index in [1.807, 2.05) is 30.2 Å². The van der Waals surface area contributed by atoms with Gasteiger partial charge < -0.3 is 10.6 Å². The molecule has 0 amide bonds. The van der Waals surface area contributed by atoms with Crippen molar-refractivity contribution in [2.24, 2.45) is 7.05 Å². The number of nitrogens with two attached hydrogens (primary N) is 1. The Morgan fingerprint density at radius 2 is 2.15 bits per heavy atom. The van der Waals surface area contributed by atoms with Crippen LogP contribution in [0.15, 0.2) is 30.6 Å². The monoisotopic (exact) mass is 270 g/mol. The van der Waals surface area contributed by atoms with E-state index in [9.17, 15) is 0 Å². The lowest BCUT2D eigenvalue weighted by atomic mass is 10.0. The Balaban J connectivity index is 1.97. The number of aryl methyl sites for hydroxylation is 1. The van der Waals surface area contributed by atoms with Crippen LogP contribution in [-0.4, -0.2) is 22.4 Å². The third kappa shape index (κ3) is 2.38. The fourth-order valence-electron chi connectivity index (χ4n) is 3.01. The highest BCUT2D eigenvalue weighted by atomic mass is 15.2. The third-order valence-electron chi connectivity index (χ3n) is 4.19. The molecule has 0 spiro atoms. The van der Waals surface area contributed by atoms with Crippen LogP contribution in [0.2, 0.25) is 0 Å². The minimum Gasteiger partial charge on any atom is -0.398 e. The second-order valence-corrected chi connectivity index (χ2v) is 5.71. The summed E-state index contributed by atoms with van der Waals surface area (Å²) in [6, 6.07) is 6.96. The van der Waals surface area contributed by atoms with Gasteiger partial charge in [-0.15, -0.1) is 0 Å². The first-order valence-electron chi connectivity index (χ1n) is 7.30. The Bertz CT molecular complexity index is 602. The first-order valence-corrected chi connectivity index (χ1v) is 7.30. The van der Waals surface area contributed by atoms with Crippen LogP contribution in [0.4, 0.5) is 11.4 Å². The molecule has 1 saturated heterocycles. The second-order valence-electron chi connectivity index (χ2n) is 5.71. The largest absolute Gasteiger partial charge is 0.398 e. The van der Waals surface area contributed by atoms with Gasteiger partial charge in [0.05, 0.1) is 6.20 Å². The molecule has 106 valence electrons. The average molecular weight is 270 g/mol. The summed E-state index contributed by atoms with van der Waals surface area (Å²) < 4.78 is 1.81. The molecule has 1 fully saturated rings. The Hall–Kier alpha value is -1.97. The highest BCUT2D eigenvalue weighted by Crippen LogP contribution is 2.32. The third-order valence-corrected chi connectivity index (χ3v) is 4.19. The quantitative estimate of drug-likeness (QED) is 0.853. The predicted octanol–water partition coefficient (Wildman–Crippen LogP) is 3.05. The van der Waals surface area contributed by atoms with Gasteiger partial charge in [-0.2, -0.15) is 5.10 Å². The molecule has 1 unspecified atom stereocenters. The number of benzene rings is 1. The summed E-state index contributed by atoms with van der Waals surface area (Å²) in [6.07, 6.45) is 7.76. The topological polar surface area (TPSA) is 47.1 Å². The standard InChI is InChI=1S/C16H22N4/c1-12-5-3-4-8-20(12)14-6-7-16(17)15(9-14)13-10-18-19(2)11-13/h6-7,9-12H,3-5,8,17H2,1-2H3. The molecule has 1 aliphatic heterocycles. The van der Waals surface area contributed by atoms with Crippen LogP contribution < -0.4 is 10.6 Å². The second kappa shape index (κ2) is 5.19. The maximum absolute atomic E-state index is 6.14. The molecule has 0 radical (unpaired) electrons. The number of hydrogen-bond donors (Lipinski definition) is 1. The van der Waals surface area contributed by atoms with Gasteiger partial charge in [0.1, 0.15) is 0 Å². The maximum atomic E-state index is 6.14. The van der Waals surface area contributed by atoms with Crippen LogP contribution in [0.1, 0.15) is 26.2 Å². The smallest absolute Gasteiger partial charge is 0.0568 e. The van der Waals surface area contributed by atoms with Crippen molar-refractivity contribution in [1.82, 2.24) is 9.78 Å². The van der Waals surface area contributed by atoms with Crippen LogP contribution in [0, 0.1) is 0 Å². The minimum atomic E-state index is 0.606. The number of nitrogens with zero attached hydrogens (tertiary/aromatic N) is 3. The van der Waals surface area contributed by atoms with Crippen molar-refractivity contribution in [2.75, 3.05) is 17.2 Å². The summed E-state index contributed by atoms with van der Waals surface area (Å²) in [5.41, 5.74) is 10.4. The number of rotatable bonds is 2. The summed E-state index contributed by atoms with van der Waals surface area (Å²) >= 11 is 0. The summed E-state index contributed by atoms with van der Waals surface area (Å²) in [6.45, 7) is 3.44. The Morgan fingerprint density at radius 1 is 1.30 bits per heavy atom. The molecule has 20 heavy (non-hydrogen) atoms. The number of nitrogen functional groups attached to an aromatic ring is 1. The molecule has 1 atom stereocenters. The number of hydrogen-bond acceptors (Lipinski definition) is 3. The minimum absolute atomic E-state index is 0.606. The van der Waals surface area contributed by atoms with E-state index in [1.54, 1.807) is 0 Å². The summed E-state index contributed by atoms with van der Waals surface area (Å²) in [5.74, 6) is 0. The molecule has 2 N–H and O–H groups in total. The Morgan fingerprint density at radius 3 is 2.85 bits per heavy atom. The average Bonchev–Trinajstić information content (AvgIpc) is 2.87. The van der Waals surface area contributed by atoms with Gasteiger partial charge >= 0.3 is 0 Å². The van der Waals surface area contributed by atoms with E-state index in [2.05, 4.69) is 29.1 Å². The highest BCUT2D eigenvalue weighted by Gasteiger charge is 2.19. The zero-order valence-corrected chi connectivity index (χ0v) is 12.2. The zero-order chi connectivity index (χ0) is 14.1. The van der Waals surface area contributed by atoms with Gasteiger partial charge in [-0.1, -0.05) is 0 Å². The first-order chi connectivity index (χ1) is 9.65. The van der Waals surface area contributed by atoms with Crippen molar-refractivity contribution in [3.05, 3.63) is 30.6 Å². The van der Waals surface area contributed by atoms with Crippen LogP contribution in [0.5, 0.6) is 0 Å². The molecule has 3 rings (SSSR count). The molecule has 1 aliphatic rings. The van der Waals surface area contributed by atoms with E-state index < -0.39 is 0 Å². The normalized spacial score (nSPS) is 19.3. The van der Waals surface area contributed by atoms with E-state index in [0.29, 0.717) is 6.04 Å². The van der Waals surface area contributed by atoms with E-state index >= 15 is 0 Å². The molecular weight excluding hydrogens is 248 g/mol. The van der Waals surface area contributed by atoms with Crippen molar-refractivity contribution < 1.29 is 0 Å². The molecule has 2 heterocycles.